The topological polar surface area (TPSA) is 232 Å². The van der Waals surface area contributed by atoms with Crippen LogP contribution in [0.15, 0.2) is 65.7 Å². The van der Waals surface area contributed by atoms with Crippen LogP contribution in [0.4, 0.5) is 0 Å². The summed E-state index contributed by atoms with van der Waals surface area (Å²) >= 11 is 0. The Morgan fingerprint density at radius 1 is 0.780 bits per heavy atom. The minimum atomic E-state index is -1.28. The number of carboxylic acid groups (broad SMARTS) is 1. The van der Waals surface area contributed by atoms with Crippen molar-refractivity contribution in [3.05, 3.63) is 71.8 Å². The Kier molecular flexibility index (Phi) is 12.8. The molecule has 4 amide bonds. The summed E-state index contributed by atoms with van der Waals surface area (Å²) in [5, 5.41) is 16.9. The fourth-order valence-electron chi connectivity index (χ4n) is 4.28. The lowest BCUT2D eigenvalue weighted by Gasteiger charge is -2.31. The largest absolute Gasteiger partial charge is 0.481 e. The number of nitrogens with two attached hydrogens (primary N) is 3. The lowest BCUT2D eigenvalue weighted by Crippen LogP contribution is -2.58. The molecule has 0 fully saturated rings. The molecule has 0 unspecified atom stereocenters. The number of nitrogens with zero attached hydrogens (tertiary/aromatic N) is 1. The first-order chi connectivity index (χ1) is 19.5. The second-order valence-electron chi connectivity index (χ2n) is 9.38. The summed E-state index contributed by atoms with van der Waals surface area (Å²) in [6.07, 6.45) is -0.128. The van der Waals surface area contributed by atoms with Gasteiger partial charge in [-0.25, -0.2) is 0 Å². The smallest absolute Gasteiger partial charge is 0.303 e. The number of carbonyl (C=O) groups is 5. The summed E-state index contributed by atoms with van der Waals surface area (Å²) in [5.74, 6) is -4.80. The van der Waals surface area contributed by atoms with Crippen LogP contribution in [0.25, 0.3) is 0 Å². The standard InChI is InChI=1S/C28H37N7O6/c1-17(36)33-21(14-15-22(37)38)26(40)35-24(27(41)34-20(25(29)39)13-8-16-32-28(30)31)23(18-9-4-2-5-10-18)19-11-6-3-7-12-19/h2-7,9-12,20-21,23-24H,8,13-16H2,1H3,(H2,29,39)(H,33,36)(H,34,41)(H,35,40)(H,37,38)(H4,30,31,32)/t20-,21-,24-/m1/s1. The number of hydrogen-bond acceptors (Lipinski definition) is 6. The summed E-state index contributed by atoms with van der Waals surface area (Å²) in [5.41, 5.74) is 17.6. The van der Waals surface area contributed by atoms with E-state index in [9.17, 15) is 24.0 Å². The molecule has 0 aliphatic rings. The molecule has 2 rings (SSSR count). The summed E-state index contributed by atoms with van der Waals surface area (Å²) < 4.78 is 0. The number of hydrogen-bond donors (Lipinski definition) is 7. The van der Waals surface area contributed by atoms with Gasteiger partial charge in [0.15, 0.2) is 5.96 Å². The van der Waals surface area contributed by atoms with Crippen LogP contribution in [-0.4, -0.2) is 65.3 Å². The molecule has 2 aromatic carbocycles. The number of aliphatic carboxylic acids is 1. The van der Waals surface area contributed by atoms with Gasteiger partial charge in [-0.15, -0.1) is 0 Å². The second kappa shape index (κ2) is 16.2. The molecule has 0 bridgehead atoms. The van der Waals surface area contributed by atoms with Crippen molar-refractivity contribution in [1.82, 2.24) is 16.0 Å². The van der Waals surface area contributed by atoms with Gasteiger partial charge in [-0.05, 0) is 30.4 Å². The Bertz CT molecular complexity index is 1180. The number of benzene rings is 2. The highest BCUT2D eigenvalue weighted by atomic mass is 16.4. The van der Waals surface area contributed by atoms with Crippen molar-refractivity contribution >= 4 is 35.6 Å². The fourth-order valence-corrected chi connectivity index (χ4v) is 4.28. The molecular formula is C28H37N7O6. The molecule has 0 spiro atoms. The Hall–Kier alpha value is -4.94. The maximum absolute atomic E-state index is 13.9. The first-order valence-corrected chi connectivity index (χ1v) is 13.0. The first kappa shape index (κ1) is 32.3. The summed E-state index contributed by atoms with van der Waals surface area (Å²) in [6.45, 7) is 1.41. The van der Waals surface area contributed by atoms with Crippen molar-refractivity contribution in [1.29, 1.82) is 0 Å². The van der Waals surface area contributed by atoms with Gasteiger partial charge in [0, 0.05) is 25.8 Å². The molecule has 0 saturated carbocycles. The number of guanidine groups is 1. The summed E-state index contributed by atoms with van der Waals surface area (Å²) in [4.78, 5) is 66.4. The van der Waals surface area contributed by atoms with Gasteiger partial charge in [0.25, 0.3) is 0 Å². The van der Waals surface area contributed by atoms with E-state index >= 15 is 0 Å². The summed E-state index contributed by atoms with van der Waals surface area (Å²) in [7, 11) is 0. The zero-order chi connectivity index (χ0) is 30.4. The third-order valence-corrected chi connectivity index (χ3v) is 6.18. The maximum Gasteiger partial charge on any atom is 0.303 e. The highest BCUT2D eigenvalue weighted by molar-refractivity contribution is 5.95. The predicted molar refractivity (Wildman–Crippen MR) is 152 cm³/mol. The Morgan fingerprint density at radius 3 is 1.80 bits per heavy atom. The molecule has 13 heteroatoms. The van der Waals surface area contributed by atoms with Gasteiger partial charge in [-0.2, -0.15) is 0 Å². The van der Waals surface area contributed by atoms with Crippen LogP contribution < -0.4 is 33.2 Å². The third-order valence-electron chi connectivity index (χ3n) is 6.18. The molecule has 41 heavy (non-hydrogen) atoms. The zero-order valence-corrected chi connectivity index (χ0v) is 22.8. The number of primary amides is 1. The van der Waals surface area contributed by atoms with E-state index in [4.69, 9.17) is 22.3 Å². The minimum absolute atomic E-state index is 0.113. The van der Waals surface area contributed by atoms with E-state index in [-0.39, 0.29) is 25.3 Å². The average molecular weight is 568 g/mol. The van der Waals surface area contributed by atoms with Crippen molar-refractivity contribution in [3.63, 3.8) is 0 Å². The lowest BCUT2D eigenvalue weighted by atomic mass is 9.84. The molecular weight excluding hydrogens is 530 g/mol. The molecule has 0 aliphatic carbocycles. The number of aliphatic imine (C=N–C) groups is 1. The molecule has 0 heterocycles. The van der Waals surface area contributed by atoms with Crippen LogP contribution in [0.2, 0.25) is 0 Å². The molecule has 0 radical (unpaired) electrons. The van der Waals surface area contributed by atoms with Crippen molar-refractivity contribution in [2.24, 2.45) is 22.2 Å². The summed E-state index contributed by atoms with van der Waals surface area (Å²) in [6, 6.07) is 14.3. The van der Waals surface area contributed by atoms with E-state index in [2.05, 4.69) is 20.9 Å². The molecule has 3 atom stereocenters. The lowest BCUT2D eigenvalue weighted by molar-refractivity contribution is -0.138. The van der Waals surface area contributed by atoms with Crippen LogP contribution in [-0.2, 0) is 24.0 Å². The van der Waals surface area contributed by atoms with Crippen LogP contribution in [0.1, 0.15) is 49.7 Å². The van der Waals surface area contributed by atoms with Crippen LogP contribution in [0.3, 0.4) is 0 Å². The average Bonchev–Trinajstić information content (AvgIpc) is 2.92. The minimum Gasteiger partial charge on any atom is -0.481 e. The van der Waals surface area contributed by atoms with Crippen LogP contribution in [0, 0.1) is 0 Å². The third kappa shape index (κ3) is 11.0. The van der Waals surface area contributed by atoms with E-state index in [0.29, 0.717) is 17.5 Å². The molecule has 0 aliphatic heterocycles. The van der Waals surface area contributed by atoms with E-state index in [1.54, 1.807) is 60.7 Å². The van der Waals surface area contributed by atoms with Crippen molar-refractivity contribution in [3.8, 4) is 0 Å². The molecule has 13 nitrogen and oxygen atoms in total. The molecule has 220 valence electrons. The van der Waals surface area contributed by atoms with Crippen LogP contribution >= 0.6 is 0 Å². The number of carboxylic acids is 1. The highest BCUT2D eigenvalue weighted by Gasteiger charge is 2.36. The van der Waals surface area contributed by atoms with E-state index in [1.165, 1.54) is 6.92 Å². The van der Waals surface area contributed by atoms with Gasteiger partial charge in [0.2, 0.25) is 23.6 Å². The van der Waals surface area contributed by atoms with Gasteiger partial charge >= 0.3 is 5.97 Å². The normalized spacial score (nSPS) is 12.8. The van der Waals surface area contributed by atoms with Crippen molar-refractivity contribution in [2.45, 2.75) is 56.7 Å². The fraction of sp³-hybridized carbons (Fsp3) is 0.357. The Morgan fingerprint density at radius 2 is 1.34 bits per heavy atom. The van der Waals surface area contributed by atoms with Gasteiger partial charge in [-0.3, -0.25) is 29.0 Å². The van der Waals surface area contributed by atoms with Crippen LogP contribution in [0.5, 0.6) is 0 Å². The quantitative estimate of drug-likeness (QED) is 0.0806. The first-order valence-electron chi connectivity index (χ1n) is 13.0. The number of nitrogens with one attached hydrogen (secondary N) is 3. The number of amides is 4. The van der Waals surface area contributed by atoms with Gasteiger partial charge in [0.1, 0.15) is 18.1 Å². The van der Waals surface area contributed by atoms with E-state index < -0.39 is 60.1 Å². The second-order valence-corrected chi connectivity index (χ2v) is 9.38. The van der Waals surface area contributed by atoms with Gasteiger partial charge < -0.3 is 38.3 Å². The Labute approximate surface area is 237 Å². The SMILES string of the molecule is CC(=O)N[C@H](CCC(=O)O)C(=O)N[C@@H](C(=O)N[C@H](CCCN=C(N)N)C(N)=O)C(c1ccccc1)c1ccccc1. The monoisotopic (exact) mass is 567 g/mol. The predicted octanol–water partition coefficient (Wildman–Crippen LogP) is -0.303. The molecule has 2 aromatic rings. The molecule has 0 saturated heterocycles. The number of rotatable bonds is 16. The van der Waals surface area contributed by atoms with Crippen molar-refractivity contribution in [2.75, 3.05) is 6.54 Å². The van der Waals surface area contributed by atoms with E-state index in [0.717, 1.165) is 0 Å². The van der Waals surface area contributed by atoms with E-state index in [1.807, 2.05) is 0 Å². The van der Waals surface area contributed by atoms with Crippen molar-refractivity contribution < 1.29 is 29.1 Å². The Balaban J connectivity index is 2.49. The molecule has 0 aromatic heterocycles. The highest BCUT2D eigenvalue weighted by Crippen LogP contribution is 2.29. The number of carbonyl (C=O) groups excluding carboxylic acids is 4. The zero-order valence-electron chi connectivity index (χ0n) is 22.8. The van der Waals surface area contributed by atoms with Gasteiger partial charge in [-0.1, -0.05) is 60.7 Å². The molecule has 10 N–H and O–H groups in total. The maximum atomic E-state index is 13.9. The van der Waals surface area contributed by atoms with Gasteiger partial charge in [0.05, 0.1) is 0 Å².